The van der Waals surface area contributed by atoms with Crippen molar-refractivity contribution in [1.82, 2.24) is 4.98 Å². The zero-order valence-electron chi connectivity index (χ0n) is 8.42. The third-order valence-corrected chi connectivity index (χ3v) is 3.07. The number of aromatic nitrogens is 1. The maximum atomic E-state index is 13.5. The third-order valence-electron chi connectivity index (χ3n) is 2.34. The smallest absolute Gasteiger partial charge is 0.388 e. The first kappa shape index (κ1) is 12.3. The number of hydrogen-bond acceptors (Lipinski definition) is 3. The van der Waals surface area contributed by atoms with Crippen molar-refractivity contribution in [3.05, 3.63) is 22.1 Å². The van der Waals surface area contributed by atoms with Gasteiger partial charge >= 0.3 is 6.61 Å². The maximum absolute atomic E-state index is 13.5. The van der Waals surface area contributed by atoms with Gasteiger partial charge in [-0.2, -0.15) is 8.78 Å². The topological polar surface area (TPSA) is 39.2 Å². The molecular weight excluding hydrogens is 303 g/mol. The molecule has 0 atom stereocenters. The van der Waals surface area contributed by atoms with Gasteiger partial charge in [-0.3, -0.25) is 4.79 Å². The number of carbonyl (C=O) groups excluding carboxylic acids is 1. The minimum atomic E-state index is -3.08. The number of halogens is 4. The molecule has 1 aliphatic carbocycles. The predicted molar refractivity (Wildman–Crippen MR) is 55.6 cm³/mol. The molecule has 7 heteroatoms. The van der Waals surface area contributed by atoms with Crippen LogP contribution in [0.25, 0.3) is 0 Å². The summed E-state index contributed by atoms with van der Waals surface area (Å²) in [4.78, 5) is 15.1. The molecule has 0 radical (unpaired) electrons. The standard InChI is InChI=1S/C10H7BrF3NO2/c11-7-6(8(16)4-1-2-4)5(12)3-15-9(7)17-10(13)14/h3-4,10H,1-2H2. The zero-order valence-corrected chi connectivity index (χ0v) is 10.0. The number of nitrogens with zero attached hydrogens (tertiary/aromatic N) is 1. The molecule has 1 saturated carbocycles. The fourth-order valence-electron chi connectivity index (χ4n) is 1.39. The van der Waals surface area contributed by atoms with E-state index in [0.29, 0.717) is 19.0 Å². The Morgan fingerprint density at radius 2 is 2.18 bits per heavy atom. The third kappa shape index (κ3) is 2.59. The van der Waals surface area contributed by atoms with Crippen LogP contribution in [-0.4, -0.2) is 17.4 Å². The van der Waals surface area contributed by atoms with Crippen molar-refractivity contribution in [3.63, 3.8) is 0 Å². The van der Waals surface area contributed by atoms with Gasteiger partial charge in [0.2, 0.25) is 5.88 Å². The van der Waals surface area contributed by atoms with Gasteiger partial charge in [-0.25, -0.2) is 9.37 Å². The molecule has 0 amide bonds. The molecule has 92 valence electrons. The summed E-state index contributed by atoms with van der Waals surface area (Å²) in [5.41, 5.74) is -0.266. The van der Waals surface area contributed by atoms with Crippen LogP contribution in [0.4, 0.5) is 13.2 Å². The Labute approximate surface area is 103 Å². The summed E-state index contributed by atoms with van der Waals surface area (Å²) < 4.78 is 41.5. The van der Waals surface area contributed by atoms with Crippen LogP contribution in [-0.2, 0) is 0 Å². The van der Waals surface area contributed by atoms with Gasteiger partial charge in [0.05, 0.1) is 16.2 Å². The number of ether oxygens (including phenoxy) is 1. The summed E-state index contributed by atoms with van der Waals surface area (Å²) >= 11 is 2.88. The maximum Gasteiger partial charge on any atom is 0.388 e. The molecular formula is C10H7BrF3NO2. The molecule has 1 aromatic rings. The van der Waals surface area contributed by atoms with Crippen LogP contribution in [0.2, 0.25) is 0 Å². The van der Waals surface area contributed by atoms with Crippen LogP contribution < -0.4 is 4.74 Å². The summed E-state index contributed by atoms with van der Waals surface area (Å²) in [6.45, 7) is -3.08. The van der Waals surface area contributed by atoms with E-state index in [0.717, 1.165) is 0 Å². The number of Topliss-reactive ketones (excluding diaryl/α,β-unsaturated/α-hetero) is 1. The van der Waals surface area contributed by atoms with Crippen molar-refractivity contribution in [2.24, 2.45) is 5.92 Å². The Morgan fingerprint density at radius 3 is 2.71 bits per heavy atom. The Bertz CT molecular complexity index is 463. The quantitative estimate of drug-likeness (QED) is 0.802. The molecule has 0 bridgehead atoms. The first-order chi connectivity index (χ1) is 8.00. The molecule has 1 aromatic heterocycles. The highest BCUT2D eigenvalue weighted by Gasteiger charge is 2.34. The lowest BCUT2D eigenvalue weighted by Gasteiger charge is -2.09. The number of carbonyl (C=O) groups is 1. The van der Waals surface area contributed by atoms with Crippen LogP contribution in [0.1, 0.15) is 23.2 Å². The average molecular weight is 310 g/mol. The van der Waals surface area contributed by atoms with Gasteiger partial charge in [-0.1, -0.05) is 0 Å². The van der Waals surface area contributed by atoms with E-state index in [2.05, 4.69) is 25.7 Å². The predicted octanol–water partition coefficient (Wildman–Crippen LogP) is 3.18. The molecule has 1 heterocycles. The van der Waals surface area contributed by atoms with Crippen molar-refractivity contribution in [3.8, 4) is 5.88 Å². The van der Waals surface area contributed by atoms with Crippen molar-refractivity contribution < 1.29 is 22.7 Å². The summed E-state index contributed by atoms with van der Waals surface area (Å²) in [6.07, 6.45) is 2.09. The Kier molecular flexibility index (Phi) is 3.37. The number of ketones is 1. The molecule has 3 nitrogen and oxygen atoms in total. The van der Waals surface area contributed by atoms with Gasteiger partial charge in [0, 0.05) is 5.92 Å². The van der Waals surface area contributed by atoms with Gasteiger partial charge in [-0.15, -0.1) is 0 Å². The fraction of sp³-hybridized carbons (Fsp3) is 0.400. The van der Waals surface area contributed by atoms with Gasteiger partial charge in [0.15, 0.2) is 11.6 Å². The summed E-state index contributed by atoms with van der Waals surface area (Å²) in [5, 5.41) is 0. The lowest BCUT2D eigenvalue weighted by molar-refractivity contribution is -0.0535. The number of alkyl halides is 2. The van der Waals surface area contributed by atoms with E-state index in [9.17, 15) is 18.0 Å². The first-order valence-corrected chi connectivity index (χ1v) is 5.63. The van der Waals surface area contributed by atoms with Gasteiger partial charge in [-0.05, 0) is 28.8 Å². The van der Waals surface area contributed by atoms with Crippen LogP contribution in [0, 0.1) is 11.7 Å². The molecule has 0 spiro atoms. The molecule has 0 N–H and O–H groups in total. The van der Waals surface area contributed by atoms with E-state index < -0.39 is 24.1 Å². The van der Waals surface area contributed by atoms with Crippen LogP contribution >= 0.6 is 15.9 Å². The van der Waals surface area contributed by atoms with Crippen molar-refractivity contribution in [1.29, 1.82) is 0 Å². The van der Waals surface area contributed by atoms with Crippen LogP contribution in [0.5, 0.6) is 5.88 Å². The van der Waals surface area contributed by atoms with E-state index in [1.807, 2.05) is 0 Å². The van der Waals surface area contributed by atoms with E-state index in [1.54, 1.807) is 0 Å². The first-order valence-electron chi connectivity index (χ1n) is 4.83. The Hall–Kier alpha value is -1.11. The largest absolute Gasteiger partial charge is 0.416 e. The highest BCUT2D eigenvalue weighted by molar-refractivity contribution is 9.10. The second-order valence-corrected chi connectivity index (χ2v) is 4.41. The monoisotopic (exact) mass is 309 g/mol. The second kappa shape index (κ2) is 4.64. The highest BCUT2D eigenvalue weighted by Crippen LogP contribution is 2.38. The molecule has 17 heavy (non-hydrogen) atoms. The van der Waals surface area contributed by atoms with E-state index in [-0.39, 0.29) is 16.0 Å². The van der Waals surface area contributed by atoms with Gasteiger partial charge < -0.3 is 4.74 Å². The van der Waals surface area contributed by atoms with Crippen LogP contribution in [0.15, 0.2) is 10.7 Å². The second-order valence-electron chi connectivity index (χ2n) is 3.62. The minimum Gasteiger partial charge on any atom is -0.416 e. The lowest BCUT2D eigenvalue weighted by atomic mass is 10.1. The zero-order chi connectivity index (χ0) is 12.6. The van der Waals surface area contributed by atoms with Crippen molar-refractivity contribution in [2.75, 3.05) is 0 Å². The molecule has 0 aliphatic heterocycles. The van der Waals surface area contributed by atoms with E-state index in [1.165, 1.54) is 0 Å². The Balaban J connectivity index is 2.38. The molecule has 0 aromatic carbocycles. The number of rotatable bonds is 4. The normalized spacial score (nSPS) is 15.1. The summed E-state index contributed by atoms with van der Waals surface area (Å²) in [7, 11) is 0. The number of pyridine rings is 1. The summed E-state index contributed by atoms with van der Waals surface area (Å²) in [5.74, 6) is -1.95. The fourth-order valence-corrected chi connectivity index (χ4v) is 1.97. The lowest BCUT2D eigenvalue weighted by Crippen LogP contribution is -2.10. The highest BCUT2D eigenvalue weighted by atomic mass is 79.9. The van der Waals surface area contributed by atoms with Gasteiger partial charge in [0.25, 0.3) is 0 Å². The number of hydrogen-bond donors (Lipinski definition) is 0. The summed E-state index contributed by atoms with van der Waals surface area (Å²) in [6, 6.07) is 0. The minimum absolute atomic E-state index is 0.158. The van der Waals surface area contributed by atoms with Crippen molar-refractivity contribution >= 4 is 21.7 Å². The molecule has 1 fully saturated rings. The molecule has 0 saturated heterocycles. The van der Waals surface area contributed by atoms with Crippen LogP contribution in [0.3, 0.4) is 0 Å². The molecule has 2 rings (SSSR count). The van der Waals surface area contributed by atoms with Gasteiger partial charge in [0.1, 0.15) is 0 Å². The van der Waals surface area contributed by atoms with E-state index in [4.69, 9.17) is 0 Å². The van der Waals surface area contributed by atoms with Crippen molar-refractivity contribution in [2.45, 2.75) is 19.5 Å². The molecule has 1 aliphatic rings. The SMILES string of the molecule is O=C(c1c(F)cnc(OC(F)F)c1Br)C1CC1. The average Bonchev–Trinajstić information content (AvgIpc) is 3.05. The molecule has 0 unspecified atom stereocenters. The Morgan fingerprint density at radius 1 is 1.53 bits per heavy atom. The van der Waals surface area contributed by atoms with E-state index >= 15 is 0 Å².